The van der Waals surface area contributed by atoms with Crippen molar-refractivity contribution in [2.45, 2.75) is 51.2 Å². The Morgan fingerprint density at radius 3 is 1.06 bits per heavy atom. The lowest BCUT2D eigenvalue weighted by atomic mass is 10.2. The Morgan fingerprint density at radius 2 is 0.740 bits per heavy atom. The van der Waals surface area contributed by atoms with E-state index in [1.807, 2.05) is 182 Å². The highest BCUT2D eigenvalue weighted by Crippen LogP contribution is 2.32. The quantitative estimate of drug-likeness (QED) is 0.0780. The number of amides is 3. The van der Waals surface area contributed by atoms with E-state index < -0.39 is 0 Å². The first-order chi connectivity index (χ1) is 46.9. The summed E-state index contributed by atoms with van der Waals surface area (Å²) >= 11 is 0. The van der Waals surface area contributed by atoms with Gasteiger partial charge in [0.25, 0.3) is 5.91 Å². The van der Waals surface area contributed by atoms with Gasteiger partial charge in [0, 0.05) is 64.8 Å². The van der Waals surface area contributed by atoms with Gasteiger partial charge in [-0.15, -0.1) is 0 Å². The van der Waals surface area contributed by atoms with E-state index in [4.69, 9.17) is 14.2 Å². The molecule has 480 valence electrons. The van der Waals surface area contributed by atoms with E-state index >= 15 is 0 Å². The molecule has 0 radical (unpaired) electrons. The van der Waals surface area contributed by atoms with E-state index in [2.05, 4.69) is 33.4 Å². The van der Waals surface area contributed by atoms with Gasteiger partial charge >= 0.3 is 17.1 Å². The second kappa shape index (κ2) is 27.9. The van der Waals surface area contributed by atoms with Crippen LogP contribution >= 0.6 is 0 Å². The molecule has 0 saturated carbocycles. The summed E-state index contributed by atoms with van der Waals surface area (Å²) in [5.74, 6) is 9.27. The van der Waals surface area contributed by atoms with Crippen molar-refractivity contribution in [3.8, 4) is 63.4 Å². The number of nitrogens with zero attached hydrogens (tertiary/aromatic N) is 12. The summed E-state index contributed by atoms with van der Waals surface area (Å²) in [6, 6.07) is 56.1. The van der Waals surface area contributed by atoms with Crippen molar-refractivity contribution in [2.24, 2.45) is 0 Å². The minimum absolute atomic E-state index is 0.0370. The number of carbonyl (C=O) groups is 3. The van der Waals surface area contributed by atoms with Crippen molar-refractivity contribution < 1.29 is 28.6 Å². The summed E-state index contributed by atoms with van der Waals surface area (Å²) in [6.07, 6.45) is 13.6. The number of carbonyl (C=O) groups excluding carboxylic acids is 3. The van der Waals surface area contributed by atoms with E-state index in [0.29, 0.717) is 69.4 Å². The number of para-hydroxylation sites is 3. The molecule has 12 aromatic rings. The minimum Gasteiger partial charge on any atom is -0.457 e. The van der Waals surface area contributed by atoms with Crippen molar-refractivity contribution >= 4 is 50.8 Å². The van der Waals surface area contributed by atoms with Crippen LogP contribution < -0.4 is 31.3 Å². The SMILES string of the molecule is C=CC(=O)N1CC[C@@H](n2c(=O)n(-c3ccc(Oc4ccccc4)cc3)c3cnccc32)C1.CC#CC(=O)N1CC[C@@H](n2c(=O)n(-c3ccc(Oc4ccccc4)cc3)c3cnccc32)C1.CC(=O)N1CC[C@@H](n2c(=O)n(-c3ccc(Oc4ccccc4)cc3)c3cnccc32)C1. The fraction of sp³-hybridized carbons (Fsp3) is 0.187. The third kappa shape index (κ3) is 12.9. The predicted octanol–water partition coefficient (Wildman–Crippen LogP) is 11.5. The summed E-state index contributed by atoms with van der Waals surface area (Å²) < 4.78 is 28.0. The summed E-state index contributed by atoms with van der Waals surface area (Å²) in [5.41, 5.74) is 6.35. The zero-order chi connectivity index (χ0) is 66.2. The lowest BCUT2D eigenvalue weighted by Gasteiger charge is -2.15. The van der Waals surface area contributed by atoms with Gasteiger partial charge in [-0.3, -0.25) is 56.7 Å². The number of rotatable bonds is 13. The van der Waals surface area contributed by atoms with Crippen molar-refractivity contribution in [2.75, 3.05) is 39.3 Å². The molecule has 0 bridgehead atoms. The lowest BCUT2D eigenvalue weighted by Crippen LogP contribution is -2.31. The van der Waals surface area contributed by atoms with Gasteiger partial charge in [-0.05, 0) is 166 Å². The topological polar surface area (TPSA) is 208 Å². The normalized spacial score (nSPS) is 15.7. The third-order valence-corrected chi connectivity index (χ3v) is 17.3. The van der Waals surface area contributed by atoms with Crippen molar-refractivity contribution in [3.63, 3.8) is 0 Å². The molecule has 96 heavy (non-hydrogen) atoms. The van der Waals surface area contributed by atoms with Crippen molar-refractivity contribution in [1.82, 2.24) is 57.1 Å². The number of likely N-dealkylation sites (tertiary alicyclic amines) is 3. The Bertz CT molecular complexity index is 5070. The Labute approximate surface area is 551 Å². The predicted molar refractivity (Wildman–Crippen MR) is 366 cm³/mol. The minimum atomic E-state index is -0.201. The van der Waals surface area contributed by atoms with Gasteiger partial charge < -0.3 is 28.9 Å². The molecule has 15 rings (SSSR count). The molecule has 3 fully saturated rings. The molecule has 0 unspecified atom stereocenters. The highest BCUT2D eigenvalue weighted by molar-refractivity contribution is 5.93. The standard InChI is InChI=1S/C26H22N4O3.C25H22N4O3.C24H22N4O3/c1-2-6-25(31)28-16-14-20(18-28)30-23-13-15-27-17-24(23)29(26(30)32)19-9-11-22(12-10-19)33-21-7-4-3-5-8-21;1-2-24(30)27-15-13-19(17-27)29-22-12-14-26-16-23(22)28(25(29)31)18-8-10-21(11-9-18)32-20-6-4-3-5-7-20;1-17(29)26-14-12-19(16-26)28-22-11-13-25-15-23(22)27(24(28)30)18-7-9-21(10-8-18)31-20-5-3-2-4-6-20/h3-5,7-13,15,17,20H,14,16,18H2,1H3;2-12,14,16,19H,1,13,15,17H2;2-11,13,15,19H,12,14,16H2,1H3/t20-;2*19-/m111/s1. The van der Waals surface area contributed by atoms with E-state index in [0.717, 1.165) is 73.8 Å². The second-order valence-corrected chi connectivity index (χ2v) is 23.2. The van der Waals surface area contributed by atoms with Crippen LogP contribution in [0.4, 0.5) is 0 Å². The maximum Gasteiger partial charge on any atom is 0.334 e. The van der Waals surface area contributed by atoms with E-state index in [1.54, 1.807) is 93.1 Å². The van der Waals surface area contributed by atoms with Crippen LogP contribution in [0.25, 0.3) is 50.2 Å². The first kappa shape index (κ1) is 62.5. The summed E-state index contributed by atoms with van der Waals surface area (Å²) in [6.45, 7) is 10.1. The maximum atomic E-state index is 13.6. The van der Waals surface area contributed by atoms with Gasteiger partial charge in [-0.25, -0.2) is 14.4 Å². The van der Waals surface area contributed by atoms with Gasteiger partial charge in [-0.1, -0.05) is 67.1 Å². The van der Waals surface area contributed by atoms with Crippen LogP contribution in [0.2, 0.25) is 0 Å². The number of pyridine rings is 3. The molecule has 0 N–H and O–H groups in total. The fourth-order valence-corrected chi connectivity index (χ4v) is 12.7. The summed E-state index contributed by atoms with van der Waals surface area (Å²) in [7, 11) is 0. The highest BCUT2D eigenvalue weighted by Gasteiger charge is 2.33. The average molecular weight is 1280 g/mol. The zero-order valence-electron chi connectivity index (χ0n) is 52.7. The highest BCUT2D eigenvalue weighted by atomic mass is 16.5. The third-order valence-electron chi connectivity index (χ3n) is 17.3. The van der Waals surface area contributed by atoms with Gasteiger partial charge in [0.15, 0.2) is 0 Å². The van der Waals surface area contributed by atoms with Crippen LogP contribution in [-0.2, 0) is 14.4 Å². The fourth-order valence-electron chi connectivity index (χ4n) is 12.7. The lowest BCUT2D eigenvalue weighted by molar-refractivity contribution is -0.128. The molecular formula is C75H66N12O9. The van der Waals surface area contributed by atoms with Crippen molar-refractivity contribution in [3.05, 3.63) is 263 Å². The number of fused-ring (bicyclic) bond motifs is 3. The number of hydrogen-bond donors (Lipinski definition) is 0. The zero-order valence-corrected chi connectivity index (χ0v) is 52.7. The molecule has 6 aromatic heterocycles. The maximum absolute atomic E-state index is 13.6. The van der Waals surface area contributed by atoms with Crippen LogP contribution in [0.1, 0.15) is 51.2 Å². The molecule has 3 atom stereocenters. The van der Waals surface area contributed by atoms with E-state index in [1.165, 1.54) is 6.08 Å². The molecule has 3 aliphatic heterocycles. The largest absolute Gasteiger partial charge is 0.457 e. The van der Waals surface area contributed by atoms with E-state index in [9.17, 15) is 28.8 Å². The molecule has 21 nitrogen and oxygen atoms in total. The van der Waals surface area contributed by atoms with Crippen LogP contribution in [0.5, 0.6) is 34.5 Å². The molecule has 0 spiro atoms. The molecule has 6 aromatic carbocycles. The monoisotopic (exact) mass is 1280 g/mol. The average Bonchev–Trinajstić information content (AvgIpc) is 1.62. The van der Waals surface area contributed by atoms with Crippen LogP contribution in [-0.4, -0.2) is 114 Å². The number of imidazole rings is 3. The Kier molecular flexibility index (Phi) is 18.1. The molecule has 0 aliphatic carbocycles. The Hall–Kier alpha value is -12.3. The molecule has 3 amide bonds. The number of ether oxygens (including phenoxy) is 3. The van der Waals surface area contributed by atoms with Crippen LogP contribution in [0.15, 0.2) is 246 Å². The molecule has 9 heterocycles. The first-order valence-electron chi connectivity index (χ1n) is 31.5. The van der Waals surface area contributed by atoms with Gasteiger partial charge in [0.05, 0.1) is 86.9 Å². The molecule has 3 aliphatic rings. The van der Waals surface area contributed by atoms with Gasteiger partial charge in [0.2, 0.25) is 11.8 Å². The molecule has 21 heteroatoms. The summed E-state index contributed by atoms with van der Waals surface area (Å²) in [4.78, 5) is 94.5. The second-order valence-electron chi connectivity index (χ2n) is 23.2. The van der Waals surface area contributed by atoms with E-state index in [-0.39, 0.29) is 52.9 Å². The van der Waals surface area contributed by atoms with Gasteiger partial charge in [0.1, 0.15) is 34.5 Å². The van der Waals surface area contributed by atoms with Crippen LogP contribution in [0, 0.1) is 11.8 Å². The van der Waals surface area contributed by atoms with Crippen LogP contribution in [0.3, 0.4) is 0 Å². The first-order valence-corrected chi connectivity index (χ1v) is 31.5. The Balaban J connectivity index is 0.000000130. The molecular weight excluding hydrogens is 1210 g/mol. The van der Waals surface area contributed by atoms with Crippen molar-refractivity contribution in [1.29, 1.82) is 0 Å². The van der Waals surface area contributed by atoms with Gasteiger partial charge in [-0.2, -0.15) is 0 Å². The smallest absolute Gasteiger partial charge is 0.334 e. The summed E-state index contributed by atoms with van der Waals surface area (Å²) in [5, 5.41) is 0. The number of aromatic nitrogens is 9. The number of benzene rings is 6. The molecule has 3 saturated heterocycles. The number of hydrogen-bond acceptors (Lipinski definition) is 12. The Morgan fingerprint density at radius 1 is 0.427 bits per heavy atom.